The number of methoxy groups -OCH3 is 1. The molecule has 5 aromatic rings. The number of benzene rings is 3. The van der Waals surface area contributed by atoms with Crippen LogP contribution in [-0.4, -0.2) is 23.0 Å². The second kappa shape index (κ2) is 6.60. The maximum atomic E-state index is 12.0. The van der Waals surface area contributed by atoms with Crippen LogP contribution >= 0.6 is 0 Å². The summed E-state index contributed by atoms with van der Waals surface area (Å²) in [6.07, 6.45) is 0. The van der Waals surface area contributed by atoms with Crippen molar-refractivity contribution in [3.8, 4) is 22.9 Å². The molecule has 0 aliphatic rings. The lowest BCUT2D eigenvalue weighted by Crippen LogP contribution is -2.01. The maximum Gasteiger partial charge on any atom is 0.340 e. The van der Waals surface area contributed by atoms with Crippen LogP contribution in [0.25, 0.3) is 45.1 Å². The molecule has 0 atom stereocenters. The quantitative estimate of drug-likeness (QED) is 0.388. The first-order valence-electron chi connectivity index (χ1n) is 9.09. The molecule has 2 aromatic heterocycles. The molecule has 0 saturated heterocycles. The van der Waals surface area contributed by atoms with E-state index in [4.69, 9.17) is 13.6 Å². The second-order valence-electron chi connectivity index (χ2n) is 6.70. The Kier molecular flexibility index (Phi) is 3.91. The van der Waals surface area contributed by atoms with Crippen LogP contribution in [0.4, 0.5) is 0 Å². The maximum absolute atomic E-state index is 12.0. The van der Waals surface area contributed by atoms with E-state index in [0.29, 0.717) is 45.1 Å². The van der Waals surface area contributed by atoms with Crippen LogP contribution in [0, 0.1) is 6.92 Å². The van der Waals surface area contributed by atoms with Crippen molar-refractivity contribution in [3.63, 3.8) is 0 Å². The summed E-state index contributed by atoms with van der Waals surface area (Å²) in [4.78, 5) is 21.3. The van der Waals surface area contributed by atoms with E-state index in [9.17, 15) is 4.79 Å². The van der Waals surface area contributed by atoms with Gasteiger partial charge in [0.15, 0.2) is 11.2 Å². The molecule has 0 fully saturated rings. The summed E-state index contributed by atoms with van der Waals surface area (Å²) in [5, 5.41) is 0. The Labute approximate surface area is 165 Å². The van der Waals surface area contributed by atoms with Crippen molar-refractivity contribution in [3.05, 3.63) is 71.8 Å². The highest BCUT2D eigenvalue weighted by molar-refractivity contribution is 6.02. The third-order valence-electron chi connectivity index (χ3n) is 4.77. The zero-order valence-corrected chi connectivity index (χ0v) is 15.8. The number of hydrogen-bond donors (Lipinski definition) is 0. The topological polar surface area (TPSA) is 78.4 Å². The van der Waals surface area contributed by atoms with Crippen LogP contribution in [0.5, 0.6) is 0 Å². The summed E-state index contributed by atoms with van der Waals surface area (Å²) in [5.74, 6) is 0.432. The minimum absolute atomic E-state index is 0.354. The molecule has 6 nitrogen and oxygen atoms in total. The molecule has 3 aromatic carbocycles. The zero-order chi connectivity index (χ0) is 20.0. The molecule has 0 bridgehead atoms. The van der Waals surface area contributed by atoms with Crippen molar-refractivity contribution in [2.45, 2.75) is 6.92 Å². The van der Waals surface area contributed by atoms with E-state index in [0.717, 1.165) is 5.56 Å². The normalized spacial score (nSPS) is 11.2. The van der Waals surface area contributed by atoms with Crippen LogP contribution < -0.4 is 0 Å². The first-order valence-corrected chi connectivity index (χ1v) is 9.09. The average molecular weight is 384 g/mol. The van der Waals surface area contributed by atoms with Crippen LogP contribution in [-0.2, 0) is 4.74 Å². The van der Waals surface area contributed by atoms with Gasteiger partial charge in [0.25, 0.3) is 0 Å². The lowest BCUT2D eigenvalue weighted by atomic mass is 10.1. The molecule has 5 rings (SSSR count). The molecule has 0 radical (unpaired) electrons. The van der Waals surface area contributed by atoms with Gasteiger partial charge in [0, 0.05) is 5.56 Å². The van der Waals surface area contributed by atoms with Crippen molar-refractivity contribution >= 4 is 28.2 Å². The van der Waals surface area contributed by atoms with Crippen LogP contribution in [0.2, 0.25) is 0 Å². The summed E-state index contributed by atoms with van der Waals surface area (Å²) in [6, 6.07) is 18.7. The van der Waals surface area contributed by atoms with Gasteiger partial charge in [-0.3, -0.25) is 0 Å². The van der Waals surface area contributed by atoms with Gasteiger partial charge in [0.2, 0.25) is 11.8 Å². The van der Waals surface area contributed by atoms with E-state index in [1.807, 2.05) is 49.4 Å². The number of carbonyl (C=O) groups is 1. The molecule has 6 heteroatoms. The van der Waals surface area contributed by atoms with E-state index in [1.165, 1.54) is 12.7 Å². The molecule has 0 aliphatic heterocycles. The van der Waals surface area contributed by atoms with Crippen molar-refractivity contribution in [1.29, 1.82) is 0 Å². The summed E-state index contributed by atoms with van der Waals surface area (Å²) < 4.78 is 16.7. The molecule has 142 valence electrons. The smallest absolute Gasteiger partial charge is 0.340 e. The lowest BCUT2D eigenvalue weighted by molar-refractivity contribution is 0.0602. The van der Waals surface area contributed by atoms with Crippen molar-refractivity contribution < 1.29 is 18.4 Å². The Morgan fingerprint density at radius 2 is 1.48 bits per heavy atom. The molecule has 0 spiro atoms. The summed E-state index contributed by atoms with van der Waals surface area (Å²) in [5.41, 5.74) is 5.34. The Morgan fingerprint density at radius 3 is 2.24 bits per heavy atom. The standard InChI is InChI=1S/C23H16N2O4/c1-13-9-11-14(12-10-13)21-24-19-15(5-3-7-17(19)28-21)22-25-20-16(23(26)27-2)6-4-8-18(20)29-22/h3-12H,1-2H3. The molecular weight excluding hydrogens is 368 g/mol. The third kappa shape index (κ3) is 2.86. The fraction of sp³-hybridized carbons (Fsp3) is 0.0870. The molecule has 2 heterocycles. The van der Waals surface area contributed by atoms with Crippen molar-refractivity contribution in [1.82, 2.24) is 9.97 Å². The Bertz CT molecular complexity index is 1360. The number of oxazole rings is 2. The predicted molar refractivity (Wildman–Crippen MR) is 109 cm³/mol. The van der Waals surface area contributed by atoms with Crippen molar-refractivity contribution in [2.75, 3.05) is 7.11 Å². The second-order valence-corrected chi connectivity index (χ2v) is 6.70. The molecule has 0 amide bonds. The van der Waals surface area contributed by atoms with Gasteiger partial charge in [0.1, 0.15) is 11.0 Å². The van der Waals surface area contributed by atoms with E-state index in [2.05, 4.69) is 9.97 Å². The molecule has 29 heavy (non-hydrogen) atoms. The largest absolute Gasteiger partial charge is 0.465 e. The third-order valence-corrected chi connectivity index (χ3v) is 4.77. The number of aromatic nitrogens is 2. The molecule has 0 N–H and O–H groups in total. The van der Waals surface area contributed by atoms with Crippen LogP contribution in [0.1, 0.15) is 15.9 Å². The summed E-state index contributed by atoms with van der Waals surface area (Å²) in [6.45, 7) is 2.03. The number of nitrogens with zero attached hydrogens (tertiary/aromatic N) is 2. The first-order chi connectivity index (χ1) is 14.1. The van der Waals surface area contributed by atoms with Gasteiger partial charge in [-0.2, -0.15) is 0 Å². The van der Waals surface area contributed by atoms with Crippen molar-refractivity contribution in [2.24, 2.45) is 0 Å². The average Bonchev–Trinajstić information content (AvgIpc) is 3.37. The van der Waals surface area contributed by atoms with Gasteiger partial charge in [0.05, 0.1) is 18.2 Å². The number of carbonyl (C=O) groups excluding carboxylic acids is 1. The number of rotatable bonds is 3. The first kappa shape index (κ1) is 17.2. The van der Waals surface area contributed by atoms with E-state index >= 15 is 0 Å². The number of fused-ring (bicyclic) bond motifs is 2. The molecular formula is C23H16N2O4. The van der Waals surface area contributed by atoms with Gasteiger partial charge in [-0.05, 0) is 43.3 Å². The van der Waals surface area contributed by atoms with E-state index in [-0.39, 0.29) is 0 Å². The highest BCUT2D eigenvalue weighted by atomic mass is 16.5. The summed E-state index contributed by atoms with van der Waals surface area (Å²) >= 11 is 0. The molecule has 0 unspecified atom stereocenters. The molecule has 0 saturated carbocycles. The fourth-order valence-electron chi connectivity index (χ4n) is 3.28. The predicted octanol–water partition coefficient (Wildman–Crippen LogP) is 5.40. The van der Waals surface area contributed by atoms with Gasteiger partial charge in [-0.1, -0.05) is 29.8 Å². The fourth-order valence-corrected chi connectivity index (χ4v) is 3.28. The lowest BCUT2D eigenvalue weighted by Gasteiger charge is -1.97. The van der Waals surface area contributed by atoms with Crippen LogP contribution in [0.3, 0.4) is 0 Å². The number of aryl methyl sites for hydroxylation is 1. The highest BCUT2D eigenvalue weighted by Gasteiger charge is 2.20. The molecule has 0 aliphatic carbocycles. The van der Waals surface area contributed by atoms with Crippen LogP contribution in [0.15, 0.2) is 69.5 Å². The van der Waals surface area contributed by atoms with Gasteiger partial charge < -0.3 is 13.6 Å². The minimum Gasteiger partial charge on any atom is -0.465 e. The SMILES string of the molecule is COC(=O)c1cccc2oc(-c3cccc4oc(-c5ccc(C)cc5)nc34)nc12. The van der Waals surface area contributed by atoms with Gasteiger partial charge in [-0.15, -0.1) is 0 Å². The highest BCUT2D eigenvalue weighted by Crippen LogP contribution is 2.33. The number of para-hydroxylation sites is 2. The Hall–Kier alpha value is -3.93. The van der Waals surface area contributed by atoms with E-state index < -0.39 is 5.97 Å². The monoisotopic (exact) mass is 384 g/mol. The van der Waals surface area contributed by atoms with Gasteiger partial charge >= 0.3 is 5.97 Å². The number of ether oxygens (including phenoxy) is 1. The number of hydrogen-bond acceptors (Lipinski definition) is 6. The minimum atomic E-state index is -0.461. The summed E-state index contributed by atoms with van der Waals surface area (Å²) in [7, 11) is 1.34. The zero-order valence-electron chi connectivity index (χ0n) is 15.8. The van der Waals surface area contributed by atoms with Gasteiger partial charge in [-0.25, -0.2) is 14.8 Å². The Morgan fingerprint density at radius 1 is 0.828 bits per heavy atom. The Balaban J connectivity index is 1.67. The number of esters is 1. The van der Waals surface area contributed by atoms with E-state index in [1.54, 1.807) is 18.2 Å².